The van der Waals surface area contributed by atoms with Gasteiger partial charge in [0.25, 0.3) is 5.91 Å². The summed E-state index contributed by atoms with van der Waals surface area (Å²) in [4.78, 5) is 24.9. The number of nitrogens with one attached hydrogen (secondary N) is 1. The molecule has 0 unspecified atom stereocenters. The van der Waals surface area contributed by atoms with Crippen molar-refractivity contribution in [1.29, 1.82) is 0 Å². The molecule has 0 heterocycles. The van der Waals surface area contributed by atoms with Crippen LogP contribution in [0.15, 0.2) is 36.4 Å². The lowest BCUT2D eigenvalue weighted by Crippen LogP contribution is -2.44. The Kier molecular flexibility index (Phi) is 4.72. The molecular formula is C21H24N2O3. The Balaban J connectivity index is 1.87. The number of nitrogen functional groups attached to an aromatic ring is 1. The number of hydrogen-bond donors (Lipinski definition) is 2. The number of esters is 1. The van der Waals surface area contributed by atoms with Gasteiger partial charge in [0.15, 0.2) is 0 Å². The van der Waals surface area contributed by atoms with Crippen LogP contribution in [0.1, 0.15) is 41.3 Å². The van der Waals surface area contributed by atoms with Crippen LogP contribution in [-0.2, 0) is 9.53 Å². The van der Waals surface area contributed by atoms with E-state index in [0.717, 1.165) is 22.3 Å². The number of aryl methyl sites for hydroxylation is 2. The fraction of sp³-hybridized carbons (Fsp3) is 0.333. The van der Waals surface area contributed by atoms with Crippen LogP contribution < -0.4 is 11.1 Å². The summed E-state index contributed by atoms with van der Waals surface area (Å²) < 4.78 is 5.09. The van der Waals surface area contributed by atoms with Gasteiger partial charge in [-0.3, -0.25) is 4.79 Å². The highest BCUT2D eigenvalue weighted by atomic mass is 16.5. The zero-order valence-corrected chi connectivity index (χ0v) is 15.4. The Morgan fingerprint density at radius 3 is 2.31 bits per heavy atom. The second kappa shape index (κ2) is 6.83. The molecule has 3 rings (SSSR count). The van der Waals surface area contributed by atoms with Gasteiger partial charge >= 0.3 is 5.97 Å². The van der Waals surface area contributed by atoms with Gasteiger partial charge in [-0.1, -0.05) is 24.3 Å². The van der Waals surface area contributed by atoms with Crippen molar-refractivity contribution in [1.82, 2.24) is 5.32 Å². The van der Waals surface area contributed by atoms with E-state index in [0.29, 0.717) is 30.7 Å². The number of hydrogen-bond acceptors (Lipinski definition) is 4. The summed E-state index contributed by atoms with van der Waals surface area (Å²) in [6.07, 6.45) is 1.24. The van der Waals surface area contributed by atoms with Gasteiger partial charge in [-0.2, -0.15) is 0 Å². The minimum Gasteiger partial charge on any atom is -0.464 e. The molecule has 1 aliphatic rings. The van der Waals surface area contributed by atoms with Crippen molar-refractivity contribution < 1.29 is 14.3 Å². The van der Waals surface area contributed by atoms with Gasteiger partial charge < -0.3 is 15.8 Å². The molecular weight excluding hydrogens is 328 g/mol. The Morgan fingerprint density at radius 1 is 1.12 bits per heavy atom. The van der Waals surface area contributed by atoms with Crippen LogP contribution in [0.4, 0.5) is 5.69 Å². The van der Waals surface area contributed by atoms with E-state index in [-0.39, 0.29) is 11.9 Å². The monoisotopic (exact) mass is 352 g/mol. The Morgan fingerprint density at radius 2 is 1.77 bits per heavy atom. The first-order valence-corrected chi connectivity index (χ1v) is 8.83. The average molecular weight is 352 g/mol. The molecule has 1 saturated carbocycles. The van der Waals surface area contributed by atoms with Crippen molar-refractivity contribution in [3.8, 4) is 11.1 Å². The van der Waals surface area contributed by atoms with Crippen molar-refractivity contribution in [2.24, 2.45) is 0 Å². The normalized spacial score (nSPS) is 14.6. The molecule has 136 valence electrons. The maximum absolute atomic E-state index is 12.8. The number of ether oxygens (including phenoxy) is 1. The lowest BCUT2D eigenvalue weighted by molar-refractivity contribution is -0.146. The quantitative estimate of drug-likeness (QED) is 0.638. The van der Waals surface area contributed by atoms with Crippen molar-refractivity contribution in [2.75, 3.05) is 12.3 Å². The van der Waals surface area contributed by atoms with E-state index < -0.39 is 5.54 Å². The number of carbonyl (C=O) groups excluding carboxylic acids is 2. The smallest absolute Gasteiger partial charge is 0.331 e. The van der Waals surface area contributed by atoms with Crippen LogP contribution in [-0.4, -0.2) is 24.0 Å². The third kappa shape index (κ3) is 3.43. The second-order valence-electron chi connectivity index (χ2n) is 6.87. The molecule has 2 aromatic carbocycles. The first kappa shape index (κ1) is 18.0. The van der Waals surface area contributed by atoms with Gasteiger partial charge in [0.2, 0.25) is 0 Å². The summed E-state index contributed by atoms with van der Waals surface area (Å²) in [5, 5.41) is 2.88. The van der Waals surface area contributed by atoms with Gasteiger partial charge in [-0.25, -0.2) is 4.79 Å². The van der Waals surface area contributed by atoms with Crippen LogP contribution in [0.25, 0.3) is 11.1 Å². The molecule has 0 aromatic heterocycles. The number of carbonyl (C=O) groups is 2. The van der Waals surface area contributed by atoms with Gasteiger partial charge in [0.05, 0.1) is 6.61 Å². The Labute approximate surface area is 153 Å². The fourth-order valence-electron chi connectivity index (χ4n) is 3.26. The fourth-order valence-corrected chi connectivity index (χ4v) is 3.26. The molecule has 0 aliphatic heterocycles. The summed E-state index contributed by atoms with van der Waals surface area (Å²) >= 11 is 0. The van der Waals surface area contributed by atoms with E-state index in [4.69, 9.17) is 10.5 Å². The van der Waals surface area contributed by atoms with Crippen molar-refractivity contribution in [3.05, 3.63) is 53.1 Å². The third-order valence-electron chi connectivity index (χ3n) is 4.75. The lowest BCUT2D eigenvalue weighted by atomic mass is 9.94. The maximum atomic E-state index is 12.8. The predicted molar refractivity (Wildman–Crippen MR) is 102 cm³/mol. The van der Waals surface area contributed by atoms with Crippen molar-refractivity contribution >= 4 is 17.6 Å². The average Bonchev–Trinajstić information content (AvgIpc) is 3.35. The molecule has 0 saturated heterocycles. The van der Waals surface area contributed by atoms with Gasteiger partial charge in [0.1, 0.15) is 5.54 Å². The number of rotatable bonds is 5. The summed E-state index contributed by atoms with van der Waals surface area (Å²) in [5.74, 6) is -0.579. The van der Waals surface area contributed by atoms with Gasteiger partial charge in [0, 0.05) is 11.3 Å². The van der Waals surface area contributed by atoms with E-state index in [1.54, 1.807) is 6.92 Å². The first-order chi connectivity index (χ1) is 12.4. The standard InChI is InChI=1S/C21H24N2O3/c1-4-26-20(25)21(8-9-21)23-19(24)18-13(2)10-16(11-14(18)3)15-6-5-7-17(22)12-15/h5-7,10-12H,4,8-9,22H2,1-3H3,(H,23,24). The predicted octanol–water partition coefficient (Wildman–Crippen LogP) is 3.38. The first-order valence-electron chi connectivity index (χ1n) is 8.83. The number of amides is 1. The summed E-state index contributed by atoms with van der Waals surface area (Å²) in [6.45, 7) is 5.88. The number of nitrogens with two attached hydrogens (primary N) is 1. The molecule has 0 atom stereocenters. The Bertz CT molecular complexity index is 846. The van der Waals surface area contributed by atoms with E-state index in [1.165, 1.54) is 0 Å². The SMILES string of the molecule is CCOC(=O)C1(NC(=O)c2c(C)cc(-c3cccc(N)c3)cc2C)CC1. The van der Waals surface area contributed by atoms with Crippen molar-refractivity contribution in [3.63, 3.8) is 0 Å². The summed E-state index contributed by atoms with van der Waals surface area (Å²) in [7, 11) is 0. The maximum Gasteiger partial charge on any atom is 0.331 e. The largest absolute Gasteiger partial charge is 0.464 e. The molecule has 0 bridgehead atoms. The van der Waals surface area contributed by atoms with Crippen LogP contribution in [0.3, 0.4) is 0 Å². The minimum atomic E-state index is -0.849. The van der Waals surface area contributed by atoms with E-state index in [2.05, 4.69) is 5.32 Å². The van der Waals surface area contributed by atoms with Crippen molar-refractivity contribution in [2.45, 2.75) is 39.2 Å². The highest BCUT2D eigenvalue weighted by Gasteiger charge is 2.52. The minimum absolute atomic E-state index is 0.232. The highest BCUT2D eigenvalue weighted by molar-refractivity contribution is 6.01. The second-order valence-corrected chi connectivity index (χ2v) is 6.87. The van der Waals surface area contributed by atoms with Gasteiger partial charge in [-0.05, 0) is 68.0 Å². The molecule has 26 heavy (non-hydrogen) atoms. The van der Waals surface area contributed by atoms with E-state index >= 15 is 0 Å². The van der Waals surface area contributed by atoms with E-state index in [1.807, 2.05) is 50.2 Å². The number of benzene rings is 2. The highest BCUT2D eigenvalue weighted by Crippen LogP contribution is 2.37. The molecule has 1 aliphatic carbocycles. The molecule has 5 heteroatoms. The van der Waals surface area contributed by atoms with Crippen LogP contribution >= 0.6 is 0 Å². The molecule has 1 amide bonds. The molecule has 5 nitrogen and oxygen atoms in total. The molecule has 1 fully saturated rings. The topological polar surface area (TPSA) is 81.4 Å². The molecule has 3 N–H and O–H groups in total. The molecule has 0 spiro atoms. The van der Waals surface area contributed by atoms with Gasteiger partial charge in [-0.15, -0.1) is 0 Å². The zero-order valence-electron chi connectivity index (χ0n) is 15.4. The summed E-state index contributed by atoms with van der Waals surface area (Å²) in [6, 6.07) is 11.6. The molecule has 0 radical (unpaired) electrons. The lowest BCUT2D eigenvalue weighted by Gasteiger charge is -2.18. The third-order valence-corrected chi connectivity index (χ3v) is 4.75. The van der Waals surface area contributed by atoms with Crippen LogP contribution in [0.5, 0.6) is 0 Å². The number of anilines is 1. The van der Waals surface area contributed by atoms with Crippen LogP contribution in [0.2, 0.25) is 0 Å². The Hall–Kier alpha value is -2.82. The summed E-state index contributed by atoms with van der Waals surface area (Å²) in [5.41, 5.74) is 10.1. The van der Waals surface area contributed by atoms with E-state index in [9.17, 15) is 9.59 Å². The van der Waals surface area contributed by atoms with Crippen LogP contribution in [0, 0.1) is 13.8 Å². The zero-order chi connectivity index (χ0) is 18.9. The molecule has 2 aromatic rings.